The lowest BCUT2D eigenvalue weighted by Gasteiger charge is -2.08. The Kier molecular flexibility index (Phi) is 6.38. The molecular formula is C21H17ClN4O2. The highest BCUT2D eigenvalue weighted by molar-refractivity contribution is 6.30. The lowest BCUT2D eigenvalue weighted by atomic mass is 10.2. The highest BCUT2D eigenvalue weighted by Gasteiger charge is 2.06. The van der Waals surface area contributed by atoms with Crippen LogP contribution in [0.2, 0.25) is 5.02 Å². The first kappa shape index (κ1) is 19.1. The minimum absolute atomic E-state index is 0.356. The Morgan fingerprint density at radius 2 is 1.39 bits per heavy atom. The Morgan fingerprint density at radius 3 is 2.04 bits per heavy atom. The smallest absolute Gasteiger partial charge is 0.308 e. The number of benzene rings is 3. The van der Waals surface area contributed by atoms with Crippen LogP contribution in [0.4, 0.5) is 16.2 Å². The Hall–Kier alpha value is -3.64. The van der Waals surface area contributed by atoms with Gasteiger partial charge in [0.25, 0.3) is 5.91 Å². The number of carbonyl (C=O) groups is 2. The summed E-state index contributed by atoms with van der Waals surface area (Å²) in [4.78, 5) is 24.1. The Bertz CT molecular complexity index is 972. The van der Waals surface area contributed by atoms with E-state index >= 15 is 0 Å². The minimum Gasteiger partial charge on any atom is -0.308 e. The van der Waals surface area contributed by atoms with Crippen molar-refractivity contribution < 1.29 is 9.59 Å². The zero-order chi connectivity index (χ0) is 19.8. The van der Waals surface area contributed by atoms with Gasteiger partial charge in [-0.15, -0.1) is 0 Å². The molecule has 7 heteroatoms. The van der Waals surface area contributed by atoms with E-state index in [1.54, 1.807) is 60.7 Å². The molecule has 3 aromatic carbocycles. The quantitative estimate of drug-likeness (QED) is 0.432. The van der Waals surface area contributed by atoms with Crippen LogP contribution in [0.25, 0.3) is 0 Å². The van der Waals surface area contributed by atoms with Crippen LogP contribution in [0, 0.1) is 0 Å². The summed E-state index contributed by atoms with van der Waals surface area (Å²) in [7, 11) is 0. The summed E-state index contributed by atoms with van der Waals surface area (Å²) in [5, 5.41) is 9.97. The van der Waals surface area contributed by atoms with Gasteiger partial charge in [0.15, 0.2) is 0 Å². The maximum absolute atomic E-state index is 12.1. The number of amides is 3. The van der Waals surface area contributed by atoms with Crippen molar-refractivity contribution in [3.8, 4) is 0 Å². The second-order valence-corrected chi connectivity index (χ2v) is 6.21. The molecule has 3 N–H and O–H groups in total. The number of para-hydroxylation sites is 1. The third-order valence-corrected chi connectivity index (χ3v) is 3.94. The van der Waals surface area contributed by atoms with Gasteiger partial charge in [-0.1, -0.05) is 41.9 Å². The van der Waals surface area contributed by atoms with Crippen molar-refractivity contribution in [2.24, 2.45) is 5.10 Å². The molecular weight excluding hydrogens is 376 g/mol. The molecule has 0 saturated carbocycles. The molecule has 3 rings (SSSR count). The SMILES string of the molecule is O=C(Nc1ccccc1)Nc1ccc(C(=O)NN=Cc2ccc(Cl)cc2)cc1. The number of hydrazone groups is 1. The number of nitrogens with zero attached hydrogens (tertiary/aromatic N) is 1. The number of urea groups is 1. The first-order chi connectivity index (χ1) is 13.6. The van der Waals surface area contributed by atoms with Crippen LogP contribution < -0.4 is 16.1 Å². The lowest BCUT2D eigenvalue weighted by molar-refractivity contribution is 0.0955. The third-order valence-electron chi connectivity index (χ3n) is 3.69. The fraction of sp³-hybridized carbons (Fsp3) is 0. The van der Waals surface area contributed by atoms with E-state index in [1.165, 1.54) is 6.21 Å². The first-order valence-electron chi connectivity index (χ1n) is 8.42. The molecule has 0 fully saturated rings. The van der Waals surface area contributed by atoms with Gasteiger partial charge >= 0.3 is 6.03 Å². The topological polar surface area (TPSA) is 82.6 Å². The number of halogens is 1. The average Bonchev–Trinajstić information content (AvgIpc) is 2.70. The van der Waals surface area contributed by atoms with Crippen molar-refractivity contribution >= 4 is 41.1 Å². The first-order valence-corrected chi connectivity index (χ1v) is 8.80. The molecule has 0 radical (unpaired) electrons. The lowest BCUT2D eigenvalue weighted by Crippen LogP contribution is -2.20. The van der Waals surface area contributed by atoms with Crippen molar-refractivity contribution in [1.29, 1.82) is 0 Å². The normalized spacial score (nSPS) is 10.5. The van der Waals surface area contributed by atoms with Crippen LogP contribution in [0.3, 0.4) is 0 Å². The van der Waals surface area contributed by atoms with Gasteiger partial charge in [-0.3, -0.25) is 4.79 Å². The Morgan fingerprint density at radius 1 is 0.786 bits per heavy atom. The van der Waals surface area contributed by atoms with E-state index in [-0.39, 0.29) is 11.9 Å². The van der Waals surface area contributed by atoms with E-state index in [1.807, 2.05) is 18.2 Å². The highest BCUT2D eigenvalue weighted by Crippen LogP contribution is 2.11. The van der Waals surface area contributed by atoms with Crippen LogP contribution >= 0.6 is 11.6 Å². The van der Waals surface area contributed by atoms with Gasteiger partial charge in [-0.25, -0.2) is 10.2 Å². The number of rotatable bonds is 5. The predicted molar refractivity (Wildman–Crippen MR) is 112 cm³/mol. The van der Waals surface area contributed by atoms with Gasteiger partial charge in [0, 0.05) is 22.0 Å². The van der Waals surface area contributed by atoms with E-state index < -0.39 is 0 Å². The van der Waals surface area contributed by atoms with Crippen LogP contribution in [-0.2, 0) is 0 Å². The fourth-order valence-electron chi connectivity index (χ4n) is 2.30. The maximum atomic E-state index is 12.1. The van der Waals surface area contributed by atoms with Crippen molar-refractivity contribution in [3.05, 3.63) is 95.0 Å². The summed E-state index contributed by atoms with van der Waals surface area (Å²) in [5.41, 5.74) is 4.94. The average molecular weight is 393 g/mol. The van der Waals surface area contributed by atoms with Crippen molar-refractivity contribution in [2.45, 2.75) is 0 Å². The molecule has 0 unspecified atom stereocenters. The molecule has 3 aromatic rings. The molecule has 6 nitrogen and oxygen atoms in total. The van der Waals surface area contributed by atoms with E-state index in [0.717, 1.165) is 5.56 Å². The summed E-state index contributed by atoms with van der Waals surface area (Å²) in [5.74, 6) is -0.356. The summed E-state index contributed by atoms with van der Waals surface area (Å²) in [6.07, 6.45) is 1.53. The van der Waals surface area contributed by atoms with E-state index in [4.69, 9.17) is 11.6 Å². The molecule has 0 aliphatic rings. The maximum Gasteiger partial charge on any atom is 0.323 e. The summed E-state index contributed by atoms with van der Waals surface area (Å²) >= 11 is 5.82. The number of hydrogen-bond donors (Lipinski definition) is 3. The molecule has 140 valence electrons. The molecule has 0 aliphatic carbocycles. The molecule has 0 bridgehead atoms. The summed E-state index contributed by atoms with van der Waals surface area (Å²) < 4.78 is 0. The number of carbonyl (C=O) groups excluding carboxylic acids is 2. The molecule has 0 aliphatic heterocycles. The molecule has 0 aromatic heterocycles. The summed E-state index contributed by atoms with van der Waals surface area (Å²) in [6.45, 7) is 0. The zero-order valence-corrected chi connectivity index (χ0v) is 15.5. The second kappa shape index (κ2) is 9.34. The zero-order valence-electron chi connectivity index (χ0n) is 14.7. The highest BCUT2D eigenvalue weighted by atomic mass is 35.5. The standard InChI is InChI=1S/C21H17ClN4O2/c22-17-10-6-15(7-11-17)14-23-26-20(27)16-8-12-19(13-9-16)25-21(28)24-18-4-2-1-3-5-18/h1-14H,(H,26,27)(H2,24,25,28). The van der Waals surface area contributed by atoms with Crippen molar-refractivity contribution in [3.63, 3.8) is 0 Å². The van der Waals surface area contributed by atoms with Gasteiger partial charge < -0.3 is 10.6 Å². The van der Waals surface area contributed by atoms with Gasteiger partial charge in [-0.05, 0) is 54.1 Å². The second-order valence-electron chi connectivity index (χ2n) is 5.77. The van der Waals surface area contributed by atoms with E-state index in [0.29, 0.717) is 22.0 Å². The van der Waals surface area contributed by atoms with Crippen LogP contribution in [0.1, 0.15) is 15.9 Å². The minimum atomic E-state index is -0.365. The summed E-state index contributed by atoms with van der Waals surface area (Å²) in [6, 6.07) is 22.3. The fourth-order valence-corrected chi connectivity index (χ4v) is 2.42. The molecule has 0 atom stereocenters. The van der Waals surface area contributed by atoms with Gasteiger partial charge in [0.1, 0.15) is 0 Å². The van der Waals surface area contributed by atoms with Gasteiger partial charge in [0.2, 0.25) is 0 Å². The number of anilines is 2. The van der Waals surface area contributed by atoms with Crippen LogP contribution in [0.15, 0.2) is 84.0 Å². The Labute approximate surface area is 167 Å². The van der Waals surface area contributed by atoms with Crippen molar-refractivity contribution in [1.82, 2.24) is 5.43 Å². The Balaban J connectivity index is 1.52. The number of hydrogen-bond acceptors (Lipinski definition) is 3. The van der Waals surface area contributed by atoms with Gasteiger partial charge in [-0.2, -0.15) is 5.10 Å². The monoisotopic (exact) mass is 392 g/mol. The van der Waals surface area contributed by atoms with Gasteiger partial charge in [0.05, 0.1) is 6.21 Å². The number of nitrogens with one attached hydrogen (secondary N) is 3. The molecule has 0 heterocycles. The predicted octanol–water partition coefficient (Wildman–Crippen LogP) is 4.75. The molecule has 28 heavy (non-hydrogen) atoms. The van der Waals surface area contributed by atoms with Crippen LogP contribution in [0.5, 0.6) is 0 Å². The molecule has 0 saturated heterocycles. The van der Waals surface area contributed by atoms with E-state index in [9.17, 15) is 9.59 Å². The van der Waals surface area contributed by atoms with Crippen LogP contribution in [-0.4, -0.2) is 18.2 Å². The van der Waals surface area contributed by atoms with E-state index in [2.05, 4.69) is 21.2 Å². The molecule has 3 amide bonds. The molecule has 0 spiro atoms. The van der Waals surface area contributed by atoms with Crippen molar-refractivity contribution in [2.75, 3.05) is 10.6 Å². The largest absolute Gasteiger partial charge is 0.323 e. The third kappa shape index (κ3) is 5.69.